The number of hydrogen-bond donors (Lipinski definition) is 2. The normalized spacial score (nSPS) is 23.9. The lowest BCUT2D eigenvalue weighted by Gasteiger charge is -2.31. The Hall–Kier alpha value is -1.26. The van der Waals surface area contributed by atoms with Crippen molar-refractivity contribution in [1.29, 1.82) is 0 Å². The molecule has 2 amide bonds. The van der Waals surface area contributed by atoms with Gasteiger partial charge in [0.25, 0.3) is 0 Å². The van der Waals surface area contributed by atoms with Gasteiger partial charge < -0.3 is 15.3 Å². The second-order valence-electron chi connectivity index (χ2n) is 5.85. The summed E-state index contributed by atoms with van der Waals surface area (Å²) < 4.78 is 0. The largest absolute Gasteiger partial charge is 0.481 e. The van der Waals surface area contributed by atoms with Crippen LogP contribution in [0.2, 0.25) is 0 Å². The zero-order chi connectivity index (χ0) is 15.1. The molecule has 2 N–H and O–H groups in total. The number of amides is 2. The Bertz CT molecular complexity index is 325. The second-order valence-corrected chi connectivity index (χ2v) is 5.85. The lowest BCUT2D eigenvalue weighted by atomic mass is 9.84. The Morgan fingerprint density at radius 2 is 1.85 bits per heavy atom. The van der Waals surface area contributed by atoms with Crippen LogP contribution in [0.3, 0.4) is 0 Å². The molecule has 0 aromatic carbocycles. The van der Waals surface area contributed by atoms with E-state index >= 15 is 0 Å². The molecule has 1 saturated carbocycles. The van der Waals surface area contributed by atoms with Crippen molar-refractivity contribution in [3.8, 4) is 0 Å². The van der Waals surface area contributed by atoms with E-state index in [0.29, 0.717) is 6.54 Å². The molecule has 1 fully saturated rings. The van der Waals surface area contributed by atoms with Gasteiger partial charge in [0, 0.05) is 19.1 Å². The quantitative estimate of drug-likeness (QED) is 0.788. The van der Waals surface area contributed by atoms with Crippen LogP contribution in [0.25, 0.3) is 0 Å². The van der Waals surface area contributed by atoms with Crippen LogP contribution in [0.5, 0.6) is 0 Å². The van der Waals surface area contributed by atoms with Gasteiger partial charge in [0.15, 0.2) is 0 Å². The van der Waals surface area contributed by atoms with Crippen molar-refractivity contribution in [3.05, 3.63) is 0 Å². The van der Waals surface area contributed by atoms with Crippen molar-refractivity contribution in [2.45, 2.75) is 58.9 Å². The SMILES string of the molecule is CCC1CCC(NC(=O)N(CC)CC(C)C(=O)O)CC1. The molecule has 1 atom stereocenters. The third kappa shape index (κ3) is 5.02. The van der Waals surface area contributed by atoms with Crippen LogP contribution in [-0.4, -0.2) is 41.1 Å². The number of carbonyl (C=O) groups is 2. The Balaban J connectivity index is 2.41. The van der Waals surface area contributed by atoms with Crippen LogP contribution in [0, 0.1) is 11.8 Å². The van der Waals surface area contributed by atoms with Crippen molar-refractivity contribution in [3.63, 3.8) is 0 Å². The molecule has 5 nitrogen and oxygen atoms in total. The van der Waals surface area contributed by atoms with Gasteiger partial charge in [-0.05, 0) is 38.5 Å². The predicted octanol–water partition coefficient (Wildman–Crippen LogP) is 2.71. The van der Waals surface area contributed by atoms with Crippen LogP contribution in [0.15, 0.2) is 0 Å². The molecule has 1 aliphatic rings. The van der Waals surface area contributed by atoms with Gasteiger partial charge in [0.05, 0.1) is 5.92 Å². The molecule has 0 heterocycles. The van der Waals surface area contributed by atoms with Crippen LogP contribution < -0.4 is 5.32 Å². The molecule has 1 aliphatic carbocycles. The molecule has 0 bridgehead atoms. The number of nitrogens with zero attached hydrogens (tertiary/aromatic N) is 1. The number of aliphatic carboxylic acids is 1. The summed E-state index contributed by atoms with van der Waals surface area (Å²) in [5.74, 6) is -0.589. The van der Waals surface area contributed by atoms with Gasteiger partial charge in [-0.15, -0.1) is 0 Å². The summed E-state index contributed by atoms with van der Waals surface area (Å²) in [5, 5.41) is 12.0. The number of carboxylic acids is 1. The zero-order valence-corrected chi connectivity index (χ0v) is 12.9. The number of carbonyl (C=O) groups excluding carboxylic acids is 1. The van der Waals surface area contributed by atoms with E-state index in [9.17, 15) is 9.59 Å². The van der Waals surface area contributed by atoms with Gasteiger partial charge in [-0.25, -0.2) is 4.79 Å². The maximum atomic E-state index is 12.2. The molecule has 1 unspecified atom stereocenters. The van der Waals surface area contributed by atoms with E-state index in [4.69, 9.17) is 5.11 Å². The fraction of sp³-hybridized carbons (Fsp3) is 0.867. The van der Waals surface area contributed by atoms with Gasteiger partial charge >= 0.3 is 12.0 Å². The lowest BCUT2D eigenvalue weighted by molar-refractivity contribution is -0.141. The number of hydrogen-bond acceptors (Lipinski definition) is 2. The molecule has 20 heavy (non-hydrogen) atoms. The topological polar surface area (TPSA) is 69.6 Å². The first-order valence-electron chi connectivity index (χ1n) is 7.76. The first-order chi connectivity index (χ1) is 9.47. The molecule has 116 valence electrons. The molecule has 0 saturated heterocycles. The average Bonchev–Trinajstić information content (AvgIpc) is 2.44. The minimum Gasteiger partial charge on any atom is -0.481 e. The fourth-order valence-electron chi connectivity index (χ4n) is 2.75. The summed E-state index contributed by atoms with van der Waals surface area (Å²) in [6.45, 7) is 6.53. The molecule has 5 heteroatoms. The van der Waals surface area contributed by atoms with Crippen LogP contribution in [0.1, 0.15) is 52.9 Å². The van der Waals surface area contributed by atoms with E-state index in [2.05, 4.69) is 12.2 Å². The maximum Gasteiger partial charge on any atom is 0.317 e. The number of urea groups is 1. The Labute approximate surface area is 121 Å². The second kappa shape index (κ2) is 8.12. The summed E-state index contributed by atoms with van der Waals surface area (Å²) in [6.07, 6.45) is 5.66. The van der Waals surface area contributed by atoms with Crippen molar-refractivity contribution in [1.82, 2.24) is 10.2 Å². The molecule has 0 radical (unpaired) electrons. The highest BCUT2D eigenvalue weighted by molar-refractivity contribution is 5.76. The van der Waals surface area contributed by atoms with Gasteiger partial charge in [0.1, 0.15) is 0 Å². The highest BCUT2D eigenvalue weighted by Gasteiger charge is 2.24. The molecular weight excluding hydrogens is 256 g/mol. The summed E-state index contributed by atoms with van der Waals surface area (Å²) in [5.41, 5.74) is 0. The van der Waals surface area contributed by atoms with E-state index in [1.54, 1.807) is 11.8 Å². The molecule has 0 aliphatic heterocycles. The molecule has 0 spiro atoms. The monoisotopic (exact) mass is 284 g/mol. The van der Waals surface area contributed by atoms with E-state index in [1.807, 2.05) is 6.92 Å². The highest BCUT2D eigenvalue weighted by Crippen LogP contribution is 2.26. The Morgan fingerprint density at radius 3 is 2.30 bits per heavy atom. The molecule has 0 aromatic rings. The van der Waals surface area contributed by atoms with Gasteiger partial charge in [-0.1, -0.05) is 20.3 Å². The number of nitrogens with one attached hydrogen (secondary N) is 1. The number of rotatable bonds is 6. The van der Waals surface area contributed by atoms with Crippen LogP contribution in [0.4, 0.5) is 4.79 Å². The summed E-state index contributed by atoms with van der Waals surface area (Å²) in [6, 6.07) is 0.125. The van der Waals surface area contributed by atoms with Crippen LogP contribution in [-0.2, 0) is 4.79 Å². The standard InChI is InChI=1S/C15H28N2O3/c1-4-12-6-8-13(9-7-12)16-15(20)17(5-2)10-11(3)14(18)19/h11-13H,4-10H2,1-3H3,(H,16,20)(H,18,19). The number of carboxylic acid groups (broad SMARTS) is 1. The molecular formula is C15H28N2O3. The summed E-state index contributed by atoms with van der Waals surface area (Å²) in [7, 11) is 0. The third-order valence-electron chi connectivity index (χ3n) is 4.34. The summed E-state index contributed by atoms with van der Waals surface area (Å²) in [4.78, 5) is 24.6. The van der Waals surface area contributed by atoms with Crippen LogP contribution >= 0.6 is 0 Å². The first-order valence-corrected chi connectivity index (χ1v) is 7.76. The van der Waals surface area contributed by atoms with E-state index < -0.39 is 11.9 Å². The van der Waals surface area contributed by atoms with Crippen molar-refractivity contribution in [2.24, 2.45) is 11.8 Å². The Kier molecular flexibility index (Phi) is 6.82. The van der Waals surface area contributed by atoms with Crippen molar-refractivity contribution < 1.29 is 14.7 Å². The Morgan fingerprint density at radius 1 is 1.25 bits per heavy atom. The lowest BCUT2D eigenvalue weighted by Crippen LogP contribution is -2.47. The minimum absolute atomic E-state index is 0.124. The van der Waals surface area contributed by atoms with E-state index in [-0.39, 0.29) is 18.6 Å². The average molecular weight is 284 g/mol. The fourth-order valence-corrected chi connectivity index (χ4v) is 2.75. The minimum atomic E-state index is -0.861. The molecule has 1 rings (SSSR count). The van der Waals surface area contributed by atoms with Crippen molar-refractivity contribution in [2.75, 3.05) is 13.1 Å². The smallest absolute Gasteiger partial charge is 0.317 e. The summed E-state index contributed by atoms with van der Waals surface area (Å²) >= 11 is 0. The van der Waals surface area contributed by atoms with E-state index in [1.165, 1.54) is 19.3 Å². The van der Waals surface area contributed by atoms with Gasteiger partial charge in [-0.3, -0.25) is 4.79 Å². The predicted molar refractivity (Wildman–Crippen MR) is 78.6 cm³/mol. The van der Waals surface area contributed by atoms with E-state index in [0.717, 1.165) is 18.8 Å². The molecule has 0 aromatic heterocycles. The van der Waals surface area contributed by atoms with Gasteiger partial charge in [-0.2, -0.15) is 0 Å². The third-order valence-corrected chi connectivity index (χ3v) is 4.34. The first kappa shape index (κ1) is 16.8. The maximum absolute atomic E-state index is 12.2. The van der Waals surface area contributed by atoms with Gasteiger partial charge in [0.2, 0.25) is 0 Å². The van der Waals surface area contributed by atoms with Crippen molar-refractivity contribution >= 4 is 12.0 Å². The highest BCUT2D eigenvalue weighted by atomic mass is 16.4. The zero-order valence-electron chi connectivity index (χ0n) is 12.9.